The van der Waals surface area contributed by atoms with Gasteiger partial charge in [0.2, 0.25) is 0 Å². The van der Waals surface area contributed by atoms with Gasteiger partial charge in [-0.2, -0.15) is 5.26 Å². The van der Waals surface area contributed by atoms with Crippen molar-refractivity contribution in [3.05, 3.63) is 53.7 Å². The number of anilines is 1. The number of carbonyl (C=O) groups is 1. The first-order valence-corrected chi connectivity index (χ1v) is 9.71. The summed E-state index contributed by atoms with van der Waals surface area (Å²) in [5, 5.41) is 11.9. The minimum absolute atomic E-state index is 0.100. The van der Waals surface area contributed by atoms with Crippen LogP contribution in [0.4, 0.5) is 5.82 Å². The molecule has 1 aliphatic rings. The molecule has 1 aromatic carbocycles. The lowest BCUT2D eigenvalue weighted by molar-refractivity contribution is 0.0953. The Kier molecular flexibility index (Phi) is 6.85. The zero-order valence-corrected chi connectivity index (χ0v) is 16.2. The molecule has 1 fully saturated rings. The highest BCUT2D eigenvalue weighted by Crippen LogP contribution is 2.21. The van der Waals surface area contributed by atoms with E-state index in [0.717, 1.165) is 50.3 Å². The van der Waals surface area contributed by atoms with Crippen molar-refractivity contribution in [2.45, 2.75) is 25.7 Å². The summed E-state index contributed by atoms with van der Waals surface area (Å²) in [5.74, 6) is 1.77. The number of aryl methyl sites for hydroxylation is 1. The van der Waals surface area contributed by atoms with Crippen LogP contribution in [-0.4, -0.2) is 37.6 Å². The van der Waals surface area contributed by atoms with Crippen molar-refractivity contribution in [1.29, 1.82) is 5.26 Å². The number of amides is 1. The lowest BCUT2D eigenvalue weighted by Gasteiger charge is -2.30. The summed E-state index contributed by atoms with van der Waals surface area (Å²) in [4.78, 5) is 18.9. The number of rotatable bonds is 7. The van der Waals surface area contributed by atoms with E-state index in [2.05, 4.69) is 21.3 Å². The molecule has 2 aromatic rings. The van der Waals surface area contributed by atoms with Gasteiger partial charge in [0.25, 0.3) is 5.91 Å². The Labute approximate surface area is 166 Å². The number of benzene rings is 1. The van der Waals surface area contributed by atoms with Crippen molar-refractivity contribution in [2.75, 3.05) is 31.6 Å². The maximum atomic E-state index is 12.3. The molecule has 0 saturated carbocycles. The second-order valence-electron chi connectivity index (χ2n) is 7.00. The van der Waals surface area contributed by atoms with Gasteiger partial charge < -0.3 is 15.0 Å². The predicted molar refractivity (Wildman–Crippen MR) is 108 cm³/mol. The molecule has 1 aromatic heterocycles. The summed E-state index contributed by atoms with van der Waals surface area (Å²) in [5.41, 5.74) is 1.79. The highest BCUT2D eigenvalue weighted by Gasteiger charge is 2.19. The molecule has 1 N–H and O–H groups in total. The average molecular weight is 378 g/mol. The monoisotopic (exact) mass is 378 g/mol. The van der Waals surface area contributed by atoms with Crippen molar-refractivity contribution in [1.82, 2.24) is 10.3 Å². The third-order valence-corrected chi connectivity index (χ3v) is 5.10. The largest absolute Gasteiger partial charge is 0.497 e. The zero-order chi connectivity index (χ0) is 19.8. The van der Waals surface area contributed by atoms with Gasteiger partial charge in [0, 0.05) is 31.7 Å². The molecule has 0 radical (unpaired) electrons. The number of pyridine rings is 1. The second-order valence-corrected chi connectivity index (χ2v) is 7.00. The van der Waals surface area contributed by atoms with Gasteiger partial charge in [-0.25, -0.2) is 4.98 Å². The number of hydrogen-bond acceptors (Lipinski definition) is 5. The van der Waals surface area contributed by atoms with Crippen molar-refractivity contribution in [3.8, 4) is 11.8 Å². The quantitative estimate of drug-likeness (QED) is 0.749. The zero-order valence-electron chi connectivity index (χ0n) is 16.2. The molecule has 0 unspecified atom stereocenters. The minimum Gasteiger partial charge on any atom is -0.497 e. The van der Waals surface area contributed by atoms with Crippen molar-refractivity contribution < 1.29 is 9.53 Å². The van der Waals surface area contributed by atoms with Crippen molar-refractivity contribution in [2.24, 2.45) is 5.92 Å². The fourth-order valence-electron chi connectivity index (χ4n) is 3.33. The van der Waals surface area contributed by atoms with E-state index in [1.807, 2.05) is 36.4 Å². The highest BCUT2D eigenvalue weighted by molar-refractivity contribution is 5.94. The summed E-state index contributed by atoms with van der Waals surface area (Å²) in [6.07, 6.45) is 5.14. The van der Waals surface area contributed by atoms with E-state index in [9.17, 15) is 4.79 Å². The molecular formula is C22H26N4O2. The van der Waals surface area contributed by atoms with Crippen LogP contribution in [0.3, 0.4) is 0 Å². The van der Waals surface area contributed by atoms with E-state index in [1.165, 1.54) is 5.56 Å². The number of nitriles is 1. The molecule has 0 bridgehead atoms. The van der Waals surface area contributed by atoms with Gasteiger partial charge >= 0.3 is 0 Å². The third kappa shape index (κ3) is 5.23. The van der Waals surface area contributed by atoms with Crippen LogP contribution in [0.25, 0.3) is 0 Å². The van der Waals surface area contributed by atoms with E-state index in [-0.39, 0.29) is 11.8 Å². The lowest BCUT2D eigenvalue weighted by atomic mass is 9.99. The van der Waals surface area contributed by atoms with E-state index in [4.69, 9.17) is 10.00 Å². The van der Waals surface area contributed by atoms with Gasteiger partial charge in [-0.15, -0.1) is 0 Å². The normalized spacial score (nSPS) is 14.4. The maximum Gasteiger partial charge on any atom is 0.252 e. The maximum absolute atomic E-state index is 12.3. The molecule has 1 saturated heterocycles. The fourth-order valence-corrected chi connectivity index (χ4v) is 3.33. The number of nitrogens with one attached hydrogen (secondary N) is 1. The molecule has 3 rings (SSSR count). The summed E-state index contributed by atoms with van der Waals surface area (Å²) >= 11 is 0. The van der Waals surface area contributed by atoms with Crippen molar-refractivity contribution in [3.63, 3.8) is 0 Å². The molecule has 6 nitrogen and oxygen atoms in total. The van der Waals surface area contributed by atoms with Crippen LogP contribution in [0.2, 0.25) is 0 Å². The Balaban J connectivity index is 1.42. The number of piperidine rings is 1. The molecule has 6 heteroatoms. The summed E-state index contributed by atoms with van der Waals surface area (Å²) < 4.78 is 5.15. The summed E-state index contributed by atoms with van der Waals surface area (Å²) in [6.45, 7) is 2.29. The van der Waals surface area contributed by atoms with Crippen LogP contribution < -0.4 is 15.0 Å². The van der Waals surface area contributed by atoms with Gasteiger partial charge in [0.05, 0.1) is 18.7 Å². The second kappa shape index (κ2) is 9.75. The average Bonchev–Trinajstić information content (AvgIpc) is 2.77. The first-order chi connectivity index (χ1) is 13.7. The van der Waals surface area contributed by atoms with Gasteiger partial charge in [0.1, 0.15) is 11.6 Å². The van der Waals surface area contributed by atoms with Crippen LogP contribution in [-0.2, 0) is 6.42 Å². The van der Waals surface area contributed by atoms with Gasteiger partial charge in [-0.1, -0.05) is 12.1 Å². The van der Waals surface area contributed by atoms with Crippen LogP contribution in [0, 0.1) is 17.2 Å². The van der Waals surface area contributed by atoms with E-state index in [0.29, 0.717) is 12.1 Å². The number of nitrogens with zero attached hydrogens (tertiary/aromatic N) is 3. The molecule has 28 heavy (non-hydrogen) atoms. The highest BCUT2D eigenvalue weighted by atomic mass is 16.5. The number of ether oxygens (including phenoxy) is 1. The summed E-state index contributed by atoms with van der Waals surface area (Å²) in [6, 6.07) is 14.0. The van der Waals surface area contributed by atoms with Crippen LogP contribution >= 0.6 is 0 Å². The molecule has 0 spiro atoms. The summed E-state index contributed by atoms with van der Waals surface area (Å²) in [7, 11) is 1.66. The Bertz CT molecular complexity index is 804. The van der Waals surface area contributed by atoms with Gasteiger partial charge in [0.15, 0.2) is 0 Å². The number of carbonyl (C=O) groups excluding carboxylic acids is 1. The van der Waals surface area contributed by atoms with Crippen LogP contribution in [0.5, 0.6) is 5.75 Å². The topological polar surface area (TPSA) is 78.2 Å². The fraction of sp³-hybridized carbons (Fsp3) is 0.409. The van der Waals surface area contributed by atoms with Crippen LogP contribution in [0.15, 0.2) is 42.6 Å². The van der Waals surface area contributed by atoms with E-state index < -0.39 is 0 Å². The standard InChI is InChI=1S/C22H26N4O2/c1-28-20-7-4-17(5-8-20)3-2-12-24-22(27)19-6-9-21(25-16-19)26-13-10-18(15-23)11-14-26/h4-9,16,18H,2-3,10-14H2,1H3,(H,24,27). The molecule has 2 heterocycles. The Morgan fingerprint density at radius 1 is 1.25 bits per heavy atom. The molecular weight excluding hydrogens is 352 g/mol. The van der Waals surface area contributed by atoms with Crippen LogP contribution in [0.1, 0.15) is 35.2 Å². The molecule has 1 aliphatic heterocycles. The Morgan fingerprint density at radius 3 is 2.61 bits per heavy atom. The number of aromatic nitrogens is 1. The minimum atomic E-state index is -0.100. The van der Waals surface area contributed by atoms with Gasteiger partial charge in [-0.3, -0.25) is 4.79 Å². The van der Waals surface area contributed by atoms with E-state index >= 15 is 0 Å². The smallest absolute Gasteiger partial charge is 0.252 e. The SMILES string of the molecule is COc1ccc(CCCNC(=O)c2ccc(N3CCC(C#N)CC3)nc2)cc1. The predicted octanol–water partition coefficient (Wildman–Crippen LogP) is 3.19. The number of methoxy groups -OCH3 is 1. The first-order valence-electron chi connectivity index (χ1n) is 9.71. The molecule has 0 atom stereocenters. The first kappa shape index (κ1) is 19.7. The van der Waals surface area contributed by atoms with Gasteiger partial charge in [-0.05, 0) is 55.5 Å². The van der Waals surface area contributed by atoms with E-state index in [1.54, 1.807) is 13.3 Å². The molecule has 146 valence electrons. The van der Waals surface area contributed by atoms with Crippen molar-refractivity contribution >= 4 is 11.7 Å². The Hall–Kier alpha value is -3.07. The molecule has 0 aliphatic carbocycles. The Morgan fingerprint density at radius 2 is 2.00 bits per heavy atom. The molecule has 1 amide bonds. The lowest BCUT2D eigenvalue weighted by Crippen LogP contribution is -2.33. The third-order valence-electron chi connectivity index (χ3n) is 5.10. The number of hydrogen-bond donors (Lipinski definition) is 1.